The van der Waals surface area contributed by atoms with Crippen LogP contribution in [0.5, 0.6) is 0 Å². The van der Waals surface area contributed by atoms with E-state index in [0.29, 0.717) is 17.0 Å². The summed E-state index contributed by atoms with van der Waals surface area (Å²) in [4.78, 5) is 11.8. The Balaban J connectivity index is 2.74. The fourth-order valence-corrected chi connectivity index (χ4v) is 1.44. The molecule has 0 saturated heterocycles. The monoisotopic (exact) mass is 235 g/mol. The average molecular weight is 236 g/mol. The Labute approximate surface area is 101 Å². The molecule has 0 bridgehead atoms. The normalized spacial score (nSPS) is 11.6. The van der Waals surface area contributed by atoms with Crippen molar-refractivity contribution in [3.63, 3.8) is 0 Å². The molecule has 0 aromatic heterocycles. The van der Waals surface area contributed by atoms with Gasteiger partial charge in [-0.2, -0.15) is 0 Å². The quantitative estimate of drug-likeness (QED) is 0.802. The number of hydrogen-bond donors (Lipinski definition) is 1. The van der Waals surface area contributed by atoms with E-state index in [2.05, 4.69) is 11.2 Å². The maximum absolute atomic E-state index is 11.8. The lowest BCUT2D eigenvalue weighted by Gasteiger charge is -2.11. The van der Waals surface area contributed by atoms with Gasteiger partial charge < -0.3 is 5.32 Å². The minimum absolute atomic E-state index is 0.0199. The molecule has 84 valence electrons. The molecular weight excluding hydrogens is 222 g/mol. The maximum Gasteiger partial charge on any atom is 0.251 e. The van der Waals surface area contributed by atoms with E-state index >= 15 is 0 Å². The Morgan fingerprint density at radius 3 is 2.88 bits per heavy atom. The molecule has 0 radical (unpaired) electrons. The number of rotatable bonds is 3. The lowest BCUT2D eigenvalue weighted by molar-refractivity contribution is 0.0941. The highest BCUT2D eigenvalue weighted by Crippen LogP contribution is 2.16. The van der Waals surface area contributed by atoms with Crippen molar-refractivity contribution < 1.29 is 4.79 Å². The summed E-state index contributed by atoms with van der Waals surface area (Å²) in [7, 11) is 0. The average Bonchev–Trinajstić information content (AvgIpc) is 2.22. The molecule has 1 unspecified atom stereocenters. The summed E-state index contributed by atoms with van der Waals surface area (Å²) in [6.45, 7) is 3.74. The van der Waals surface area contributed by atoms with E-state index in [1.54, 1.807) is 18.2 Å². The predicted molar refractivity (Wildman–Crippen MR) is 66.6 cm³/mol. The van der Waals surface area contributed by atoms with Crippen molar-refractivity contribution in [2.75, 3.05) is 0 Å². The van der Waals surface area contributed by atoms with Gasteiger partial charge in [0.15, 0.2) is 0 Å². The van der Waals surface area contributed by atoms with Gasteiger partial charge in [-0.25, -0.2) is 0 Å². The Morgan fingerprint density at radius 1 is 1.62 bits per heavy atom. The molecule has 0 aliphatic rings. The summed E-state index contributed by atoms with van der Waals surface area (Å²) in [6, 6.07) is 5.17. The highest BCUT2D eigenvalue weighted by molar-refractivity contribution is 6.31. The molecule has 1 N–H and O–H groups in total. The van der Waals surface area contributed by atoms with Crippen LogP contribution in [0.4, 0.5) is 0 Å². The fraction of sp³-hybridized carbons (Fsp3) is 0.308. The van der Waals surface area contributed by atoms with Crippen LogP contribution in [0.1, 0.15) is 29.3 Å². The molecule has 2 nitrogen and oxygen atoms in total. The minimum Gasteiger partial charge on any atom is -0.349 e. The lowest BCUT2D eigenvalue weighted by atomic mass is 10.1. The molecule has 1 amide bonds. The number of carbonyl (C=O) groups excluding carboxylic acids is 1. The van der Waals surface area contributed by atoms with Crippen molar-refractivity contribution in [3.05, 3.63) is 34.3 Å². The van der Waals surface area contributed by atoms with E-state index in [4.69, 9.17) is 18.0 Å². The number of aryl methyl sites for hydroxylation is 1. The number of benzene rings is 1. The second kappa shape index (κ2) is 5.58. The molecule has 3 heteroatoms. The maximum atomic E-state index is 11.8. The van der Waals surface area contributed by atoms with E-state index in [0.717, 1.165) is 5.56 Å². The summed E-state index contributed by atoms with van der Waals surface area (Å²) in [5.41, 5.74) is 1.49. The Morgan fingerprint density at radius 2 is 2.31 bits per heavy atom. The third-order valence-electron chi connectivity index (χ3n) is 2.22. The number of carbonyl (C=O) groups is 1. The van der Waals surface area contributed by atoms with Crippen molar-refractivity contribution in [1.29, 1.82) is 0 Å². The number of halogens is 1. The molecule has 1 aromatic carbocycles. The smallest absolute Gasteiger partial charge is 0.251 e. The Bertz CT molecular complexity index is 434. The van der Waals surface area contributed by atoms with Gasteiger partial charge in [0, 0.05) is 23.0 Å². The zero-order valence-corrected chi connectivity index (χ0v) is 10.1. The second-order valence-electron chi connectivity index (χ2n) is 3.75. The topological polar surface area (TPSA) is 29.1 Å². The number of nitrogens with one attached hydrogen (secondary N) is 1. The molecule has 0 aliphatic carbocycles. The van der Waals surface area contributed by atoms with Gasteiger partial charge in [-0.05, 0) is 37.6 Å². The zero-order chi connectivity index (χ0) is 12.1. The van der Waals surface area contributed by atoms with Crippen molar-refractivity contribution in [2.24, 2.45) is 0 Å². The van der Waals surface area contributed by atoms with Gasteiger partial charge in [0.05, 0.1) is 0 Å². The molecule has 1 rings (SSSR count). The summed E-state index contributed by atoms with van der Waals surface area (Å²) in [5, 5.41) is 3.48. The summed E-state index contributed by atoms with van der Waals surface area (Å²) in [5.74, 6) is 2.39. The van der Waals surface area contributed by atoms with Gasteiger partial charge >= 0.3 is 0 Å². The molecule has 0 saturated carbocycles. The first-order valence-corrected chi connectivity index (χ1v) is 5.43. The van der Waals surface area contributed by atoms with Gasteiger partial charge in [0.2, 0.25) is 0 Å². The fourth-order valence-electron chi connectivity index (χ4n) is 1.32. The molecule has 16 heavy (non-hydrogen) atoms. The van der Waals surface area contributed by atoms with Crippen LogP contribution in [0.25, 0.3) is 0 Å². The van der Waals surface area contributed by atoms with E-state index in [1.165, 1.54) is 0 Å². The third kappa shape index (κ3) is 3.29. The first-order valence-electron chi connectivity index (χ1n) is 5.05. The summed E-state index contributed by atoms with van der Waals surface area (Å²) in [6.07, 6.45) is 5.70. The van der Waals surface area contributed by atoms with Crippen LogP contribution in [0.3, 0.4) is 0 Å². The zero-order valence-electron chi connectivity index (χ0n) is 9.38. The van der Waals surface area contributed by atoms with Gasteiger partial charge in [-0.1, -0.05) is 11.6 Å². The Hall–Kier alpha value is -1.46. The number of terminal acetylenes is 1. The first-order chi connectivity index (χ1) is 7.54. The minimum atomic E-state index is -0.123. The first kappa shape index (κ1) is 12.6. The van der Waals surface area contributed by atoms with Crippen LogP contribution < -0.4 is 5.32 Å². The molecular formula is C13H14ClNO. The van der Waals surface area contributed by atoms with E-state index in [1.807, 2.05) is 13.8 Å². The van der Waals surface area contributed by atoms with Gasteiger partial charge in [0.25, 0.3) is 5.91 Å². The molecule has 1 aromatic rings. The van der Waals surface area contributed by atoms with Gasteiger partial charge in [-0.15, -0.1) is 12.3 Å². The van der Waals surface area contributed by atoms with Crippen molar-refractivity contribution in [3.8, 4) is 12.3 Å². The standard InChI is InChI=1S/C13H14ClNO/c1-4-5-10(3)15-13(16)11-6-7-12(14)9(2)8-11/h1,6-8,10H,5H2,2-3H3,(H,15,16). The molecule has 0 spiro atoms. The highest BCUT2D eigenvalue weighted by Gasteiger charge is 2.09. The molecule has 1 atom stereocenters. The largest absolute Gasteiger partial charge is 0.349 e. The number of amides is 1. The highest BCUT2D eigenvalue weighted by atomic mass is 35.5. The molecule has 0 fully saturated rings. The predicted octanol–water partition coefficient (Wildman–Crippen LogP) is 2.79. The van der Waals surface area contributed by atoms with Crippen LogP contribution in [0.2, 0.25) is 5.02 Å². The van der Waals surface area contributed by atoms with Crippen molar-refractivity contribution >= 4 is 17.5 Å². The van der Waals surface area contributed by atoms with Crippen LogP contribution in [0, 0.1) is 19.3 Å². The van der Waals surface area contributed by atoms with Crippen LogP contribution in [0.15, 0.2) is 18.2 Å². The molecule has 0 heterocycles. The number of hydrogen-bond acceptors (Lipinski definition) is 1. The SMILES string of the molecule is C#CCC(C)NC(=O)c1ccc(Cl)c(C)c1. The van der Waals surface area contributed by atoms with Crippen LogP contribution >= 0.6 is 11.6 Å². The third-order valence-corrected chi connectivity index (χ3v) is 2.65. The second-order valence-corrected chi connectivity index (χ2v) is 4.15. The Kier molecular flexibility index (Phi) is 4.39. The van der Waals surface area contributed by atoms with Crippen LogP contribution in [-0.4, -0.2) is 11.9 Å². The summed E-state index contributed by atoms with van der Waals surface area (Å²) >= 11 is 5.88. The van der Waals surface area contributed by atoms with Crippen molar-refractivity contribution in [1.82, 2.24) is 5.32 Å². The van der Waals surface area contributed by atoms with Crippen molar-refractivity contribution in [2.45, 2.75) is 26.3 Å². The van der Waals surface area contributed by atoms with Crippen LogP contribution in [-0.2, 0) is 0 Å². The van der Waals surface area contributed by atoms with E-state index < -0.39 is 0 Å². The van der Waals surface area contributed by atoms with E-state index in [9.17, 15) is 4.79 Å². The van der Waals surface area contributed by atoms with E-state index in [-0.39, 0.29) is 11.9 Å². The molecule has 0 aliphatic heterocycles. The lowest BCUT2D eigenvalue weighted by Crippen LogP contribution is -2.32. The summed E-state index contributed by atoms with van der Waals surface area (Å²) < 4.78 is 0. The van der Waals surface area contributed by atoms with Gasteiger partial charge in [-0.3, -0.25) is 4.79 Å². The van der Waals surface area contributed by atoms with Gasteiger partial charge in [0.1, 0.15) is 0 Å².